The van der Waals surface area contributed by atoms with Gasteiger partial charge in [0, 0.05) is 0 Å². The van der Waals surface area contributed by atoms with Crippen molar-refractivity contribution in [3.63, 3.8) is 0 Å². The number of carbonyl (C=O) groups is 1. The molecular formula is C22H22N2O. The first kappa shape index (κ1) is 16.9. The molecule has 0 bridgehead atoms. The lowest BCUT2D eigenvalue weighted by Crippen LogP contribution is -2.21. The second-order valence-corrected chi connectivity index (χ2v) is 6.35. The fraction of sp³-hybridized carbons (Fsp3) is 0.182. The van der Waals surface area contributed by atoms with E-state index in [-0.39, 0.29) is 5.91 Å². The first-order valence-corrected chi connectivity index (χ1v) is 8.42. The molecule has 0 unspecified atom stereocenters. The fourth-order valence-corrected chi connectivity index (χ4v) is 2.84. The van der Waals surface area contributed by atoms with Gasteiger partial charge in [-0.25, -0.2) is 5.43 Å². The van der Waals surface area contributed by atoms with Gasteiger partial charge in [0.25, 0.3) is 0 Å². The maximum atomic E-state index is 12.3. The van der Waals surface area contributed by atoms with E-state index < -0.39 is 0 Å². The minimum Gasteiger partial charge on any atom is -0.273 e. The van der Waals surface area contributed by atoms with Crippen molar-refractivity contribution in [2.45, 2.75) is 27.2 Å². The minimum absolute atomic E-state index is 0.112. The highest BCUT2D eigenvalue weighted by atomic mass is 16.2. The third-order valence-corrected chi connectivity index (χ3v) is 4.50. The zero-order valence-electron chi connectivity index (χ0n) is 14.8. The third-order valence-electron chi connectivity index (χ3n) is 4.50. The molecule has 0 spiro atoms. The van der Waals surface area contributed by atoms with E-state index in [0.717, 1.165) is 27.6 Å². The zero-order valence-corrected chi connectivity index (χ0v) is 14.8. The SMILES string of the molecule is C/C(=N\NC(=O)Cc1cccc2ccccc12)c1ccc(C)c(C)c1. The average molecular weight is 330 g/mol. The Morgan fingerprint density at radius 3 is 2.52 bits per heavy atom. The van der Waals surface area contributed by atoms with Crippen LogP contribution in [0.25, 0.3) is 10.8 Å². The number of rotatable bonds is 4. The number of benzene rings is 3. The van der Waals surface area contributed by atoms with Gasteiger partial charge in [0.2, 0.25) is 5.91 Å². The average Bonchev–Trinajstić information content (AvgIpc) is 2.62. The van der Waals surface area contributed by atoms with Crippen LogP contribution in [0, 0.1) is 13.8 Å². The molecule has 3 rings (SSSR count). The summed E-state index contributed by atoms with van der Waals surface area (Å²) in [5.41, 5.74) is 7.97. The molecule has 3 heteroatoms. The minimum atomic E-state index is -0.112. The van der Waals surface area contributed by atoms with Crippen LogP contribution in [0.2, 0.25) is 0 Å². The van der Waals surface area contributed by atoms with Gasteiger partial charge < -0.3 is 0 Å². The van der Waals surface area contributed by atoms with Gasteiger partial charge in [0.15, 0.2) is 0 Å². The highest BCUT2D eigenvalue weighted by Gasteiger charge is 2.07. The number of hydrogen-bond acceptors (Lipinski definition) is 2. The van der Waals surface area contributed by atoms with E-state index in [9.17, 15) is 4.79 Å². The molecule has 0 aliphatic rings. The number of amides is 1. The third kappa shape index (κ3) is 3.94. The number of fused-ring (bicyclic) bond motifs is 1. The van der Waals surface area contributed by atoms with Crippen LogP contribution in [0.4, 0.5) is 0 Å². The van der Waals surface area contributed by atoms with Crippen LogP contribution in [-0.2, 0) is 11.2 Å². The van der Waals surface area contributed by atoms with E-state index in [2.05, 4.69) is 48.6 Å². The van der Waals surface area contributed by atoms with Crippen LogP contribution in [0.1, 0.15) is 29.2 Å². The molecule has 3 nitrogen and oxygen atoms in total. The molecule has 1 amide bonds. The monoisotopic (exact) mass is 330 g/mol. The molecular weight excluding hydrogens is 308 g/mol. The molecule has 3 aromatic rings. The lowest BCUT2D eigenvalue weighted by molar-refractivity contribution is -0.120. The Labute approximate surface area is 148 Å². The number of nitrogens with zero attached hydrogens (tertiary/aromatic N) is 1. The molecule has 126 valence electrons. The van der Waals surface area contributed by atoms with Crippen molar-refractivity contribution in [1.29, 1.82) is 0 Å². The Balaban J connectivity index is 1.72. The predicted molar refractivity (Wildman–Crippen MR) is 104 cm³/mol. The van der Waals surface area contributed by atoms with Crippen molar-refractivity contribution in [2.24, 2.45) is 5.10 Å². The molecule has 0 atom stereocenters. The summed E-state index contributed by atoms with van der Waals surface area (Å²) in [5.74, 6) is -0.112. The zero-order chi connectivity index (χ0) is 17.8. The topological polar surface area (TPSA) is 41.5 Å². The van der Waals surface area contributed by atoms with E-state index >= 15 is 0 Å². The molecule has 0 aliphatic carbocycles. The summed E-state index contributed by atoms with van der Waals surface area (Å²) in [6, 6.07) is 20.3. The summed E-state index contributed by atoms with van der Waals surface area (Å²) in [7, 11) is 0. The lowest BCUT2D eigenvalue weighted by Gasteiger charge is -2.07. The van der Waals surface area contributed by atoms with Crippen LogP contribution in [0.3, 0.4) is 0 Å². The van der Waals surface area contributed by atoms with Crippen LogP contribution < -0.4 is 5.43 Å². The fourth-order valence-electron chi connectivity index (χ4n) is 2.84. The number of hydrogen-bond donors (Lipinski definition) is 1. The highest BCUT2D eigenvalue weighted by molar-refractivity contribution is 5.99. The van der Waals surface area contributed by atoms with Crippen molar-refractivity contribution >= 4 is 22.4 Å². The van der Waals surface area contributed by atoms with E-state index in [4.69, 9.17) is 0 Å². The van der Waals surface area contributed by atoms with Crippen molar-refractivity contribution < 1.29 is 4.79 Å². The van der Waals surface area contributed by atoms with Crippen molar-refractivity contribution in [1.82, 2.24) is 5.43 Å². The predicted octanol–water partition coefficient (Wildman–Crippen LogP) is 4.54. The second kappa shape index (κ2) is 7.31. The molecule has 0 aromatic heterocycles. The van der Waals surface area contributed by atoms with Crippen LogP contribution in [0.15, 0.2) is 65.8 Å². The van der Waals surface area contributed by atoms with Gasteiger partial charge >= 0.3 is 0 Å². The van der Waals surface area contributed by atoms with Crippen molar-refractivity contribution in [2.75, 3.05) is 0 Å². The van der Waals surface area contributed by atoms with Crippen LogP contribution >= 0.6 is 0 Å². The number of carbonyl (C=O) groups excluding carboxylic acids is 1. The molecule has 0 heterocycles. The quantitative estimate of drug-likeness (QED) is 0.554. The maximum Gasteiger partial charge on any atom is 0.244 e. The first-order chi connectivity index (χ1) is 12.0. The van der Waals surface area contributed by atoms with Gasteiger partial charge in [0.1, 0.15) is 0 Å². The summed E-state index contributed by atoms with van der Waals surface area (Å²) in [4.78, 5) is 12.3. The second-order valence-electron chi connectivity index (χ2n) is 6.35. The molecule has 3 aromatic carbocycles. The summed E-state index contributed by atoms with van der Waals surface area (Å²) in [6.45, 7) is 6.06. The van der Waals surface area contributed by atoms with Gasteiger partial charge in [-0.05, 0) is 59.9 Å². The molecule has 1 N–H and O–H groups in total. The molecule has 0 radical (unpaired) electrons. The van der Waals surface area contributed by atoms with E-state index in [0.29, 0.717) is 6.42 Å². The Morgan fingerprint density at radius 1 is 0.960 bits per heavy atom. The van der Waals surface area contributed by atoms with Crippen molar-refractivity contribution in [3.05, 3.63) is 82.9 Å². The standard InChI is InChI=1S/C22H22N2O/c1-15-11-12-19(13-16(15)2)17(3)23-24-22(25)14-20-9-6-8-18-7-4-5-10-21(18)20/h4-13H,14H2,1-3H3,(H,24,25)/b23-17+. The smallest absolute Gasteiger partial charge is 0.244 e. The van der Waals surface area contributed by atoms with E-state index in [1.807, 2.05) is 43.3 Å². The highest BCUT2D eigenvalue weighted by Crippen LogP contribution is 2.18. The van der Waals surface area contributed by atoms with Gasteiger partial charge in [-0.2, -0.15) is 5.10 Å². The molecule has 0 aliphatic heterocycles. The number of aryl methyl sites for hydroxylation is 2. The largest absolute Gasteiger partial charge is 0.273 e. The number of hydrazone groups is 1. The lowest BCUT2D eigenvalue weighted by atomic mass is 10.0. The van der Waals surface area contributed by atoms with E-state index in [1.165, 1.54) is 11.1 Å². The Kier molecular flexibility index (Phi) is 4.94. The first-order valence-electron chi connectivity index (χ1n) is 8.42. The summed E-state index contributed by atoms with van der Waals surface area (Å²) in [5, 5.41) is 6.51. The maximum absolute atomic E-state index is 12.3. The molecule has 0 fully saturated rings. The van der Waals surface area contributed by atoms with E-state index in [1.54, 1.807) is 0 Å². The van der Waals surface area contributed by atoms with Gasteiger partial charge in [-0.15, -0.1) is 0 Å². The molecule has 25 heavy (non-hydrogen) atoms. The summed E-state index contributed by atoms with van der Waals surface area (Å²) >= 11 is 0. The van der Waals surface area contributed by atoms with Gasteiger partial charge in [0.05, 0.1) is 12.1 Å². The molecule has 0 saturated carbocycles. The van der Waals surface area contributed by atoms with Crippen molar-refractivity contribution in [3.8, 4) is 0 Å². The Hall–Kier alpha value is -2.94. The Bertz CT molecular complexity index is 952. The normalized spacial score (nSPS) is 11.6. The Morgan fingerprint density at radius 2 is 1.72 bits per heavy atom. The summed E-state index contributed by atoms with van der Waals surface area (Å²) < 4.78 is 0. The van der Waals surface area contributed by atoms with Gasteiger partial charge in [-0.3, -0.25) is 4.79 Å². The number of nitrogens with one attached hydrogen (secondary N) is 1. The van der Waals surface area contributed by atoms with Crippen LogP contribution in [0.5, 0.6) is 0 Å². The summed E-state index contributed by atoms with van der Waals surface area (Å²) in [6.07, 6.45) is 0.311. The van der Waals surface area contributed by atoms with Gasteiger partial charge in [-0.1, -0.05) is 54.6 Å². The van der Waals surface area contributed by atoms with Crippen LogP contribution in [-0.4, -0.2) is 11.6 Å². The molecule has 0 saturated heterocycles.